The lowest BCUT2D eigenvalue weighted by Crippen LogP contribution is -2.40. The third-order valence-electron chi connectivity index (χ3n) is 3.19. The van der Waals surface area contributed by atoms with Crippen molar-refractivity contribution >= 4 is 41.6 Å². The topological polar surface area (TPSA) is 76.8 Å². The molecule has 0 bridgehead atoms. The number of amides is 1. The van der Waals surface area contributed by atoms with Crippen molar-refractivity contribution < 1.29 is 22.4 Å². The molecule has 1 aromatic rings. The average molecular weight is 387 g/mol. The average Bonchev–Trinajstić information content (AvgIpc) is 2.80. The number of methoxy groups -OCH3 is 1. The molecule has 0 atom stereocenters. The molecule has 1 aliphatic heterocycles. The molecule has 2 heterocycles. The zero-order valence-corrected chi connectivity index (χ0v) is 13.8. The normalized spacial score (nSPS) is 17.4. The quantitative estimate of drug-likeness (QED) is 0.745. The van der Waals surface area contributed by atoms with Crippen molar-refractivity contribution in [3.05, 3.63) is 16.5 Å². The van der Waals surface area contributed by atoms with Gasteiger partial charge in [-0.2, -0.15) is 0 Å². The lowest BCUT2D eigenvalue weighted by Gasteiger charge is -2.30. The number of likely N-dealkylation sites (tertiary alicyclic amines) is 1. The summed E-state index contributed by atoms with van der Waals surface area (Å²) in [4.78, 5) is 13.6. The highest BCUT2D eigenvalue weighted by atomic mass is 79.9. The van der Waals surface area contributed by atoms with E-state index in [1.807, 2.05) is 0 Å². The molecule has 0 radical (unpaired) electrons. The second kappa shape index (κ2) is 6.05. The van der Waals surface area contributed by atoms with Gasteiger partial charge in [-0.1, -0.05) is 0 Å². The van der Waals surface area contributed by atoms with E-state index in [4.69, 9.17) is 19.8 Å². The minimum atomic E-state index is -3.95. The third kappa shape index (κ3) is 3.36. The summed E-state index contributed by atoms with van der Waals surface area (Å²) in [6, 6.07) is 1.14. The molecular formula is C11H13BrClNO5S. The Labute approximate surface area is 129 Å². The predicted octanol–water partition coefficient (Wildman–Crippen LogP) is 2.22. The fourth-order valence-electron chi connectivity index (χ4n) is 2.07. The number of hydrogen-bond acceptors (Lipinski definition) is 5. The van der Waals surface area contributed by atoms with Crippen LogP contribution in [-0.4, -0.2) is 45.5 Å². The van der Waals surface area contributed by atoms with Crippen molar-refractivity contribution in [2.75, 3.05) is 20.2 Å². The molecule has 112 valence electrons. The lowest BCUT2D eigenvalue weighted by atomic mass is 10.1. The van der Waals surface area contributed by atoms with E-state index < -0.39 is 9.05 Å². The molecule has 0 saturated carbocycles. The fraction of sp³-hybridized carbons (Fsp3) is 0.545. The summed E-state index contributed by atoms with van der Waals surface area (Å²) in [6.45, 7) is 1.08. The number of furan rings is 1. The van der Waals surface area contributed by atoms with Gasteiger partial charge in [0.2, 0.25) is 0 Å². The summed E-state index contributed by atoms with van der Waals surface area (Å²) in [7, 11) is 2.94. The molecule has 2 rings (SSSR count). The standard InChI is InChI=1S/C11H13BrClNO5S/c1-18-7-2-4-14(5-3-7)11(15)8-6-9(10(12)19-8)20(13,16)17/h6-7H,2-5H2,1H3. The van der Waals surface area contributed by atoms with Gasteiger partial charge in [-0.3, -0.25) is 4.79 Å². The Balaban J connectivity index is 2.15. The van der Waals surface area contributed by atoms with Gasteiger partial charge in [-0.05, 0) is 28.8 Å². The van der Waals surface area contributed by atoms with Gasteiger partial charge in [0.25, 0.3) is 15.0 Å². The van der Waals surface area contributed by atoms with Gasteiger partial charge in [0.05, 0.1) is 6.10 Å². The van der Waals surface area contributed by atoms with Crippen molar-refractivity contribution in [1.29, 1.82) is 0 Å². The van der Waals surface area contributed by atoms with Crippen LogP contribution in [0.15, 0.2) is 20.0 Å². The molecular weight excluding hydrogens is 374 g/mol. The van der Waals surface area contributed by atoms with Crippen LogP contribution in [0, 0.1) is 0 Å². The van der Waals surface area contributed by atoms with E-state index in [2.05, 4.69) is 15.9 Å². The second-order valence-electron chi connectivity index (χ2n) is 4.41. The number of halogens is 2. The number of hydrogen-bond donors (Lipinski definition) is 0. The van der Waals surface area contributed by atoms with E-state index >= 15 is 0 Å². The van der Waals surface area contributed by atoms with Crippen LogP contribution >= 0.6 is 26.6 Å². The summed E-state index contributed by atoms with van der Waals surface area (Å²) in [6.07, 6.45) is 1.64. The monoisotopic (exact) mass is 385 g/mol. The number of carbonyl (C=O) groups is 1. The maximum Gasteiger partial charge on any atom is 0.289 e. The molecule has 0 aromatic carbocycles. The number of rotatable bonds is 3. The summed E-state index contributed by atoms with van der Waals surface area (Å²) >= 11 is 2.94. The smallest absolute Gasteiger partial charge is 0.289 e. The van der Waals surface area contributed by atoms with E-state index in [0.29, 0.717) is 13.1 Å². The zero-order valence-electron chi connectivity index (χ0n) is 10.6. The summed E-state index contributed by atoms with van der Waals surface area (Å²) in [5.74, 6) is -0.404. The van der Waals surface area contributed by atoms with E-state index in [9.17, 15) is 13.2 Å². The highest BCUT2D eigenvalue weighted by molar-refractivity contribution is 9.10. The summed E-state index contributed by atoms with van der Waals surface area (Å²) in [5.41, 5.74) is 0. The van der Waals surface area contributed by atoms with Gasteiger partial charge < -0.3 is 14.1 Å². The number of carbonyl (C=O) groups excluding carboxylic acids is 1. The van der Waals surface area contributed by atoms with Gasteiger partial charge in [0.1, 0.15) is 4.90 Å². The van der Waals surface area contributed by atoms with Crippen molar-refractivity contribution in [2.45, 2.75) is 23.8 Å². The van der Waals surface area contributed by atoms with E-state index in [1.54, 1.807) is 12.0 Å². The molecule has 0 unspecified atom stereocenters. The van der Waals surface area contributed by atoms with Crippen LogP contribution in [0.2, 0.25) is 0 Å². The number of ether oxygens (including phenoxy) is 1. The Kier molecular flexibility index (Phi) is 4.78. The zero-order chi connectivity index (χ0) is 14.9. The maximum absolute atomic E-state index is 12.2. The molecule has 1 amide bonds. The Morgan fingerprint density at radius 3 is 2.55 bits per heavy atom. The Hall–Kier alpha value is -0.570. The SMILES string of the molecule is COC1CCN(C(=O)c2cc(S(=O)(=O)Cl)c(Br)o2)CC1. The molecule has 6 nitrogen and oxygen atoms in total. The van der Waals surface area contributed by atoms with Crippen LogP contribution in [0.4, 0.5) is 0 Å². The largest absolute Gasteiger partial charge is 0.443 e. The van der Waals surface area contributed by atoms with E-state index in [1.165, 1.54) is 0 Å². The highest BCUT2D eigenvalue weighted by Crippen LogP contribution is 2.29. The minimum absolute atomic E-state index is 0.0491. The minimum Gasteiger partial charge on any atom is -0.443 e. The first-order valence-electron chi connectivity index (χ1n) is 5.89. The van der Waals surface area contributed by atoms with Gasteiger partial charge in [0, 0.05) is 36.9 Å². The van der Waals surface area contributed by atoms with Crippen molar-refractivity contribution in [1.82, 2.24) is 4.90 Å². The third-order valence-corrected chi connectivity index (χ3v) is 5.37. The Morgan fingerprint density at radius 2 is 2.10 bits per heavy atom. The first kappa shape index (κ1) is 15.8. The molecule has 0 aliphatic carbocycles. The molecule has 0 spiro atoms. The lowest BCUT2D eigenvalue weighted by molar-refractivity contribution is 0.0334. The van der Waals surface area contributed by atoms with E-state index in [0.717, 1.165) is 18.9 Å². The first-order chi connectivity index (χ1) is 9.32. The van der Waals surface area contributed by atoms with Gasteiger partial charge in [0.15, 0.2) is 10.4 Å². The number of piperidine rings is 1. The van der Waals surface area contributed by atoms with Crippen LogP contribution in [0.5, 0.6) is 0 Å². The Morgan fingerprint density at radius 1 is 1.50 bits per heavy atom. The summed E-state index contributed by atoms with van der Waals surface area (Å²) < 4.78 is 32.9. The highest BCUT2D eigenvalue weighted by Gasteiger charge is 2.28. The van der Waals surface area contributed by atoms with Crippen molar-refractivity contribution in [3.8, 4) is 0 Å². The van der Waals surface area contributed by atoms with Gasteiger partial charge in [-0.15, -0.1) is 0 Å². The molecule has 1 aliphatic rings. The van der Waals surface area contributed by atoms with Crippen LogP contribution in [0.25, 0.3) is 0 Å². The van der Waals surface area contributed by atoms with Crippen molar-refractivity contribution in [3.63, 3.8) is 0 Å². The fourth-order valence-corrected chi connectivity index (χ4v) is 4.11. The number of nitrogens with zero attached hydrogens (tertiary/aromatic N) is 1. The summed E-state index contributed by atoms with van der Waals surface area (Å²) in [5, 5.41) is 0. The van der Waals surface area contributed by atoms with Gasteiger partial charge in [-0.25, -0.2) is 8.42 Å². The molecule has 0 N–H and O–H groups in total. The van der Waals surface area contributed by atoms with Crippen molar-refractivity contribution in [2.24, 2.45) is 0 Å². The molecule has 20 heavy (non-hydrogen) atoms. The molecule has 1 fully saturated rings. The van der Waals surface area contributed by atoms with Crippen LogP contribution < -0.4 is 0 Å². The molecule has 1 saturated heterocycles. The molecule has 9 heteroatoms. The predicted molar refractivity (Wildman–Crippen MR) is 75.4 cm³/mol. The van der Waals surface area contributed by atoms with Gasteiger partial charge >= 0.3 is 0 Å². The van der Waals surface area contributed by atoms with Crippen LogP contribution in [0.3, 0.4) is 0 Å². The Bertz CT molecular complexity index is 606. The van der Waals surface area contributed by atoms with Crippen LogP contribution in [-0.2, 0) is 13.8 Å². The molecule has 1 aromatic heterocycles. The second-order valence-corrected chi connectivity index (χ2v) is 7.67. The van der Waals surface area contributed by atoms with E-state index in [-0.39, 0.29) is 27.3 Å². The van der Waals surface area contributed by atoms with Crippen LogP contribution in [0.1, 0.15) is 23.4 Å². The maximum atomic E-state index is 12.2. The first-order valence-corrected chi connectivity index (χ1v) is 8.99.